The summed E-state index contributed by atoms with van der Waals surface area (Å²) in [5.41, 5.74) is 1.43. The summed E-state index contributed by atoms with van der Waals surface area (Å²) in [6, 6.07) is 11.4. The summed E-state index contributed by atoms with van der Waals surface area (Å²) < 4.78 is 0. The van der Waals surface area contributed by atoms with Gasteiger partial charge in [0.2, 0.25) is 0 Å². The van der Waals surface area contributed by atoms with E-state index in [1.165, 1.54) is 18.4 Å². The predicted octanol–water partition coefficient (Wildman–Crippen LogP) is 2.33. The molecule has 0 radical (unpaired) electrons. The van der Waals surface area contributed by atoms with E-state index in [1.807, 2.05) is 7.05 Å². The lowest BCUT2D eigenvalue weighted by Gasteiger charge is -2.40. The summed E-state index contributed by atoms with van der Waals surface area (Å²) in [5, 5.41) is 6.80. The monoisotopic (exact) mass is 345 g/mol. The Morgan fingerprint density at radius 3 is 2.52 bits per heavy atom. The van der Waals surface area contributed by atoms with E-state index in [0.717, 1.165) is 51.6 Å². The van der Waals surface area contributed by atoms with Crippen molar-refractivity contribution in [2.75, 3.05) is 53.4 Å². The van der Waals surface area contributed by atoms with Crippen LogP contribution in [0, 0.1) is 0 Å². The van der Waals surface area contributed by atoms with Gasteiger partial charge in [-0.25, -0.2) is 0 Å². The largest absolute Gasteiger partial charge is 0.356 e. The number of unbranched alkanes of at least 4 members (excludes halogenated alkanes) is 1. The third-order valence-electron chi connectivity index (χ3n) is 4.84. The zero-order valence-electron chi connectivity index (χ0n) is 16.2. The van der Waals surface area contributed by atoms with Crippen LogP contribution in [0.3, 0.4) is 0 Å². The fraction of sp³-hybridized carbons (Fsp3) is 0.650. The smallest absolute Gasteiger partial charge is 0.190 e. The number of nitrogens with zero attached hydrogens (tertiary/aromatic N) is 3. The Kier molecular flexibility index (Phi) is 8.77. The highest BCUT2D eigenvalue weighted by atomic mass is 15.3. The van der Waals surface area contributed by atoms with Crippen LogP contribution >= 0.6 is 0 Å². The molecule has 2 rings (SSSR count). The molecule has 0 aliphatic carbocycles. The number of hydrogen-bond acceptors (Lipinski definition) is 3. The summed E-state index contributed by atoms with van der Waals surface area (Å²) in [7, 11) is 4.06. The Morgan fingerprint density at radius 1 is 1.12 bits per heavy atom. The Balaban J connectivity index is 1.78. The fourth-order valence-electron chi connectivity index (χ4n) is 3.31. The SMILES string of the molecule is CCCCNC(=NC)NCCCN1CCN(C)CC1c1ccccc1. The number of nitrogens with one attached hydrogen (secondary N) is 2. The van der Waals surface area contributed by atoms with Crippen LogP contribution < -0.4 is 10.6 Å². The predicted molar refractivity (Wildman–Crippen MR) is 107 cm³/mol. The van der Waals surface area contributed by atoms with Crippen molar-refractivity contribution < 1.29 is 0 Å². The standard InChI is InChI=1S/C20H35N5/c1-4-5-12-22-20(21-2)23-13-9-14-25-16-15-24(3)17-19(25)18-10-7-6-8-11-18/h6-8,10-11,19H,4-5,9,12-17H2,1-3H3,(H2,21,22,23). The Hall–Kier alpha value is -1.59. The van der Waals surface area contributed by atoms with Crippen LogP contribution in [0.5, 0.6) is 0 Å². The topological polar surface area (TPSA) is 42.9 Å². The third-order valence-corrected chi connectivity index (χ3v) is 4.84. The number of guanidine groups is 1. The minimum atomic E-state index is 0.502. The highest BCUT2D eigenvalue weighted by Gasteiger charge is 2.25. The van der Waals surface area contributed by atoms with Crippen LogP contribution in [0.4, 0.5) is 0 Å². The van der Waals surface area contributed by atoms with Crippen LogP contribution in [0.2, 0.25) is 0 Å². The van der Waals surface area contributed by atoms with Crippen molar-refractivity contribution in [2.45, 2.75) is 32.2 Å². The minimum Gasteiger partial charge on any atom is -0.356 e. The summed E-state index contributed by atoms with van der Waals surface area (Å²) in [6.07, 6.45) is 3.51. The van der Waals surface area contributed by atoms with Crippen LogP contribution in [-0.2, 0) is 0 Å². The van der Waals surface area contributed by atoms with Crippen molar-refractivity contribution in [3.8, 4) is 0 Å². The highest BCUT2D eigenvalue weighted by molar-refractivity contribution is 5.79. The van der Waals surface area contributed by atoms with Crippen molar-refractivity contribution in [1.29, 1.82) is 0 Å². The van der Waals surface area contributed by atoms with E-state index in [1.54, 1.807) is 0 Å². The lowest BCUT2D eigenvalue weighted by Crippen LogP contribution is -2.47. The molecule has 5 heteroatoms. The fourth-order valence-corrected chi connectivity index (χ4v) is 3.31. The maximum atomic E-state index is 4.29. The van der Waals surface area contributed by atoms with E-state index in [4.69, 9.17) is 0 Å². The van der Waals surface area contributed by atoms with Crippen LogP contribution in [0.15, 0.2) is 35.3 Å². The van der Waals surface area contributed by atoms with Crippen molar-refractivity contribution in [3.05, 3.63) is 35.9 Å². The molecule has 1 unspecified atom stereocenters. The zero-order valence-corrected chi connectivity index (χ0v) is 16.2. The molecule has 25 heavy (non-hydrogen) atoms. The lowest BCUT2D eigenvalue weighted by molar-refractivity contribution is 0.0891. The number of piperazine rings is 1. The van der Waals surface area contributed by atoms with Crippen LogP contribution in [0.1, 0.15) is 37.8 Å². The average Bonchev–Trinajstić information content (AvgIpc) is 2.65. The quantitative estimate of drug-likeness (QED) is 0.431. The van der Waals surface area contributed by atoms with Gasteiger partial charge in [-0.15, -0.1) is 0 Å². The maximum absolute atomic E-state index is 4.29. The summed E-state index contributed by atoms with van der Waals surface area (Å²) in [4.78, 5) is 9.36. The molecule has 1 aliphatic heterocycles. The molecule has 0 saturated carbocycles. The van der Waals surface area contributed by atoms with Crippen molar-refractivity contribution in [3.63, 3.8) is 0 Å². The second-order valence-electron chi connectivity index (χ2n) is 6.86. The molecule has 1 fully saturated rings. The Morgan fingerprint density at radius 2 is 1.84 bits per heavy atom. The molecule has 140 valence electrons. The number of hydrogen-bond donors (Lipinski definition) is 2. The van der Waals surface area contributed by atoms with Gasteiger partial charge in [-0.05, 0) is 25.5 Å². The number of rotatable bonds is 8. The molecule has 5 nitrogen and oxygen atoms in total. The van der Waals surface area contributed by atoms with Crippen molar-refractivity contribution in [2.24, 2.45) is 4.99 Å². The van der Waals surface area contributed by atoms with Gasteiger partial charge in [0, 0.05) is 52.4 Å². The minimum absolute atomic E-state index is 0.502. The Labute approximate surface area is 153 Å². The first-order chi connectivity index (χ1) is 12.2. The van der Waals surface area contributed by atoms with Gasteiger partial charge in [-0.1, -0.05) is 43.7 Å². The van der Waals surface area contributed by atoms with Gasteiger partial charge in [-0.2, -0.15) is 0 Å². The first-order valence-corrected chi connectivity index (χ1v) is 9.66. The molecule has 1 aromatic rings. The number of benzene rings is 1. The van der Waals surface area contributed by atoms with Crippen molar-refractivity contribution in [1.82, 2.24) is 20.4 Å². The maximum Gasteiger partial charge on any atom is 0.190 e. The average molecular weight is 346 g/mol. The van der Waals surface area contributed by atoms with E-state index < -0.39 is 0 Å². The van der Waals surface area contributed by atoms with E-state index >= 15 is 0 Å². The molecule has 1 heterocycles. The van der Waals surface area contributed by atoms with Crippen molar-refractivity contribution >= 4 is 5.96 Å². The van der Waals surface area contributed by atoms with Gasteiger partial charge >= 0.3 is 0 Å². The van der Waals surface area contributed by atoms with Crippen LogP contribution in [-0.4, -0.2) is 69.1 Å². The van der Waals surface area contributed by atoms with Gasteiger partial charge in [0.25, 0.3) is 0 Å². The molecule has 1 aliphatic rings. The summed E-state index contributed by atoms with van der Waals surface area (Å²) in [5.74, 6) is 0.923. The highest BCUT2D eigenvalue weighted by Crippen LogP contribution is 2.24. The van der Waals surface area contributed by atoms with Crippen LogP contribution in [0.25, 0.3) is 0 Å². The third kappa shape index (κ3) is 6.67. The van der Waals surface area contributed by atoms with Gasteiger partial charge < -0.3 is 15.5 Å². The van der Waals surface area contributed by atoms with E-state index in [2.05, 4.69) is 69.7 Å². The molecular formula is C20H35N5. The molecule has 0 bridgehead atoms. The molecule has 1 aromatic carbocycles. The molecule has 1 saturated heterocycles. The van der Waals surface area contributed by atoms with Gasteiger partial charge in [0.05, 0.1) is 0 Å². The first-order valence-electron chi connectivity index (χ1n) is 9.66. The van der Waals surface area contributed by atoms with E-state index in [0.29, 0.717) is 6.04 Å². The summed E-state index contributed by atoms with van der Waals surface area (Å²) >= 11 is 0. The zero-order chi connectivity index (χ0) is 17.9. The molecular weight excluding hydrogens is 310 g/mol. The second-order valence-corrected chi connectivity index (χ2v) is 6.86. The first kappa shape index (κ1) is 19.7. The molecule has 1 atom stereocenters. The normalized spacial score (nSPS) is 19.8. The molecule has 2 N–H and O–H groups in total. The van der Waals surface area contributed by atoms with E-state index in [-0.39, 0.29) is 0 Å². The summed E-state index contributed by atoms with van der Waals surface area (Å²) in [6.45, 7) is 8.67. The Bertz CT molecular complexity index is 502. The number of aliphatic imine (C=N–C) groups is 1. The molecule has 0 spiro atoms. The second kappa shape index (κ2) is 11.1. The lowest BCUT2D eigenvalue weighted by atomic mass is 10.0. The molecule has 0 aromatic heterocycles. The van der Waals surface area contributed by atoms with E-state index in [9.17, 15) is 0 Å². The number of likely N-dealkylation sites (N-methyl/N-ethyl adjacent to an activating group) is 1. The van der Waals surface area contributed by atoms with Gasteiger partial charge in [0.1, 0.15) is 0 Å². The van der Waals surface area contributed by atoms with Gasteiger partial charge in [0.15, 0.2) is 5.96 Å². The van der Waals surface area contributed by atoms with Gasteiger partial charge in [-0.3, -0.25) is 9.89 Å². The molecule has 0 amide bonds.